The number of amides is 2. The molecular formula is C24H18N4O8. The molecule has 182 valence electrons. The molecule has 2 amide bonds. The molecule has 0 radical (unpaired) electrons. The molecule has 0 aliphatic carbocycles. The number of benzene rings is 3. The summed E-state index contributed by atoms with van der Waals surface area (Å²) in [6, 6.07) is 16.6. The van der Waals surface area contributed by atoms with Crippen LogP contribution in [0.25, 0.3) is 6.08 Å². The number of nitro groups is 2. The van der Waals surface area contributed by atoms with Crippen molar-refractivity contribution in [2.75, 3.05) is 12.1 Å². The number of non-ortho nitro benzene ring substituents is 1. The number of rotatable bonds is 8. The standard InChI is InChI=1S/C24H18N4O8/c1-35-21-13-16(11-19-23(29)25-26(24(19)30)17-5-3-2-4-6-17)12-20(28(33)34)22(21)36-14-15-7-9-18(10-8-15)27(31)32/h2-13H,14H2,1H3,(H,25,29). The van der Waals surface area contributed by atoms with Crippen LogP contribution in [0.2, 0.25) is 0 Å². The molecule has 1 fully saturated rings. The van der Waals surface area contributed by atoms with Gasteiger partial charge >= 0.3 is 5.69 Å². The molecule has 0 atom stereocenters. The summed E-state index contributed by atoms with van der Waals surface area (Å²) in [5, 5.41) is 23.7. The van der Waals surface area contributed by atoms with E-state index in [9.17, 15) is 29.8 Å². The second-order valence-electron chi connectivity index (χ2n) is 7.52. The topological polar surface area (TPSA) is 154 Å². The van der Waals surface area contributed by atoms with E-state index in [1.807, 2.05) is 0 Å². The lowest BCUT2D eigenvalue weighted by atomic mass is 10.1. The average molecular weight is 490 g/mol. The first kappa shape index (κ1) is 23.9. The molecule has 1 saturated heterocycles. The molecule has 3 aromatic rings. The van der Waals surface area contributed by atoms with Crippen molar-refractivity contribution in [1.82, 2.24) is 5.43 Å². The van der Waals surface area contributed by atoms with Gasteiger partial charge in [-0.2, -0.15) is 0 Å². The van der Waals surface area contributed by atoms with Crippen LogP contribution in [0.4, 0.5) is 17.1 Å². The third-order valence-corrected chi connectivity index (χ3v) is 5.22. The third-order valence-electron chi connectivity index (χ3n) is 5.22. The Morgan fingerprint density at radius 1 is 0.972 bits per heavy atom. The van der Waals surface area contributed by atoms with E-state index in [0.29, 0.717) is 11.3 Å². The fourth-order valence-electron chi connectivity index (χ4n) is 3.48. The van der Waals surface area contributed by atoms with Crippen molar-refractivity contribution in [3.8, 4) is 11.5 Å². The van der Waals surface area contributed by atoms with Gasteiger partial charge in [-0.25, -0.2) is 5.01 Å². The maximum atomic E-state index is 12.8. The van der Waals surface area contributed by atoms with Gasteiger partial charge < -0.3 is 9.47 Å². The predicted molar refractivity (Wildman–Crippen MR) is 127 cm³/mol. The summed E-state index contributed by atoms with van der Waals surface area (Å²) >= 11 is 0. The number of anilines is 1. The summed E-state index contributed by atoms with van der Waals surface area (Å²) in [5.41, 5.74) is 2.87. The smallest absolute Gasteiger partial charge is 0.315 e. The van der Waals surface area contributed by atoms with Gasteiger partial charge in [0, 0.05) is 18.2 Å². The fourth-order valence-corrected chi connectivity index (χ4v) is 3.48. The number of nitrogens with one attached hydrogen (secondary N) is 1. The highest BCUT2D eigenvalue weighted by Crippen LogP contribution is 2.39. The first-order valence-electron chi connectivity index (χ1n) is 10.4. The largest absolute Gasteiger partial charge is 0.493 e. The first-order chi connectivity index (χ1) is 17.3. The van der Waals surface area contributed by atoms with E-state index < -0.39 is 27.3 Å². The lowest BCUT2D eigenvalue weighted by Crippen LogP contribution is -2.35. The van der Waals surface area contributed by atoms with Gasteiger partial charge in [0.2, 0.25) is 5.75 Å². The van der Waals surface area contributed by atoms with Crippen molar-refractivity contribution in [2.45, 2.75) is 6.61 Å². The number of para-hydroxylation sites is 1. The highest BCUT2D eigenvalue weighted by atomic mass is 16.6. The molecule has 1 N–H and O–H groups in total. The molecule has 0 saturated carbocycles. The molecule has 1 aliphatic rings. The maximum absolute atomic E-state index is 12.8. The van der Waals surface area contributed by atoms with Crippen molar-refractivity contribution in [3.05, 3.63) is 104 Å². The zero-order valence-electron chi connectivity index (χ0n) is 18.7. The summed E-state index contributed by atoms with van der Waals surface area (Å²) in [7, 11) is 1.29. The second-order valence-corrected chi connectivity index (χ2v) is 7.52. The zero-order valence-corrected chi connectivity index (χ0v) is 18.7. The van der Waals surface area contributed by atoms with Gasteiger partial charge in [0.25, 0.3) is 17.5 Å². The van der Waals surface area contributed by atoms with Crippen LogP contribution in [0.1, 0.15) is 11.1 Å². The van der Waals surface area contributed by atoms with E-state index in [-0.39, 0.29) is 34.9 Å². The quantitative estimate of drug-likeness (QED) is 0.218. The van der Waals surface area contributed by atoms with E-state index in [2.05, 4.69) is 5.43 Å². The number of nitro benzene ring substituents is 2. The molecule has 36 heavy (non-hydrogen) atoms. The molecule has 3 aromatic carbocycles. The Bertz CT molecular complexity index is 1390. The second kappa shape index (κ2) is 9.93. The third kappa shape index (κ3) is 4.82. The molecule has 12 nitrogen and oxygen atoms in total. The highest BCUT2D eigenvalue weighted by molar-refractivity contribution is 6.31. The van der Waals surface area contributed by atoms with Gasteiger partial charge in [0.15, 0.2) is 5.75 Å². The van der Waals surface area contributed by atoms with Crippen molar-refractivity contribution in [2.24, 2.45) is 0 Å². The molecule has 0 unspecified atom stereocenters. The Hall–Kier alpha value is -5.26. The highest BCUT2D eigenvalue weighted by Gasteiger charge is 2.34. The summed E-state index contributed by atoms with van der Waals surface area (Å²) in [6.07, 6.45) is 1.23. The lowest BCUT2D eigenvalue weighted by molar-refractivity contribution is -0.386. The molecule has 4 rings (SSSR count). The molecule has 0 aromatic heterocycles. The number of ether oxygens (including phenoxy) is 2. The van der Waals surface area contributed by atoms with E-state index in [1.165, 1.54) is 43.5 Å². The van der Waals surface area contributed by atoms with Crippen LogP contribution in [-0.2, 0) is 16.2 Å². The van der Waals surface area contributed by atoms with Crippen LogP contribution in [0.3, 0.4) is 0 Å². The first-order valence-corrected chi connectivity index (χ1v) is 10.4. The number of carbonyl (C=O) groups is 2. The number of hydrogen-bond acceptors (Lipinski definition) is 8. The minimum Gasteiger partial charge on any atom is -0.493 e. The SMILES string of the molecule is COc1cc(C=C2C(=O)NN(c3ccccc3)C2=O)cc([N+](=O)[O-])c1OCc1ccc([N+](=O)[O-])cc1. The van der Waals surface area contributed by atoms with Gasteiger partial charge in [-0.3, -0.25) is 35.2 Å². The predicted octanol–water partition coefficient (Wildman–Crippen LogP) is 3.55. The normalized spacial score (nSPS) is 14.0. The Kier molecular flexibility index (Phi) is 6.59. The van der Waals surface area contributed by atoms with E-state index >= 15 is 0 Å². The van der Waals surface area contributed by atoms with Gasteiger partial charge in [0.05, 0.1) is 22.6 Å². The number of hydrazine groups is 1. The Labute approximate surface area is 203 Å². The number of hydrogen-bond donors (Lipinski definition) is 1. The van der Waals surface area contributed by atoms with Crippen molar-refractivity contribution in [1.29, 1.82) is 0 Å². The fraction of sp³-hybridized carbons (Fsp3) is 0.0833. The summed E-state index contributed by atoms with van der Waals surface area (Å²) < 4.78 is 10.9. The van der Waals surface area contributed by atoms with Crippen LogP contribution in [0, 0.1) is 20.2 Å². The van der Waals surface area contributed by atoms with Crippen LogP contribution in [0.15, 0.2) is 72.3 Å². The van der Waals surface area contributed by atoms with E-state index in [1.54, 1.807) is 30.3 Å². The summed E-state index contributed by atoms with van der Waals surface area (Å²) in [5.74, 6) is -1.45. The Morgan fingerprint density at radius 2 is 1.67 bits per heavy atom. The van der Waals surface area contributed by atoms with Crippen molar-refractivity contribution >= 4 is 35.0 Å². The van der Waals surface area contributed by atoms with Crippen LogP contribution >= 0.6 is 0 Å². The van der Waals surface area contributed by atoms with Crippen molar-refractivity contribution in [3.63, 3.8) is 0 Å². The van der Waals surface area contributed by atoms with Crippen LogP contribution in [-0.4, -0.2) is 28.8 Å². The molecular weight excluding hydrogens is 472 g/mol. The Balaban J connectivity index is 1.63. The maximum Gasteiger partial charge on any atom is 0.315 e. The molecule has 0 bridgehead atoms. The lowest BCUT2D eigenvalue weighted by Gasteiger charge is -2.14. The minimum atomic E-state index is -0.678. The summed E-state index contributed by atoms with van der Waals surface area (Å²) in [6.45, 7) is -0.122. The van der Waals surface area contributed by atoms with Gasteiger partial charge in [-0.05, 0) is 47.5 Å². The zero-order chi connectivity index (χ0) is 25.8. The van der Waals surface area contributed by atoms with Gasteiger partial charge in [-0.1, -0.05) is 18.2 Å². The summed E-state index contributed by atoms with van der Waals surface area (Å²) in [4.78, 5) is 46.7. The van der Waals surface area contributed by atoms with E-state index in [0.717, 1.165) is 11.1 Å². The number of carbonyl (C=O) groups excluding carboxylic acids is 2. The number of methoxy groups -OCH3 is 1. The van der Waals surface area contributed by atoms with Crippen LogP contribution in [0.5, 0.6) is 11.5 Å². The van der Waals surface area contributed by atoms with Crippen molar-refractivity contribution < 1.29 is 28.9 Å². The molecule has 0 spiro atoms. The molecule has 1 heterocycles. The average Bonchev–Trinajstić information content (AvgIpc) is 3.16. The van der Waals surface area contributed by atoms with Crippen LogP contribution < -0.4 is 19.9 Å². The van der Waals surface area contributed by atoms with Gasteiger partial charge in [-0.15, -0.1) is 0 Å². The Morgan fingerprint density at radius 3 is 2.28 bits per heavy atom. The monoisotopic (exact) mass is 490 g/mol. The minimum absolute atomic E-state index is 0.00345. The molecule has 1 aliphatic heterocycles. The molecule has 12 heteroatoms. The van der Waals surface area contributed by atoms with Gasteiger partial charge in [0.1, 0.15) is 12.2 Å². The number of nitrogens with zero attached hydrogens (tertiary/aromatic N) is 3. The van der Waals surface area contributed by atoms with E-state index in [4.69, 9.17) is 9.47 Å².